The van der Waals surface area contributed by atoms with Crippen LogP contribution in [0.25, 0.3) is 11.4 Å². The van der Waals surface area contributed by atoms with Gasteiger partial charge in [0.25, 0.3) is 0 Å². The van der Waals surface area contributed by atoms with Gasteiger partial charge in [-0.3, -0.25) is 0 Å². The van der Waals surface area contributed by atoms with Gasteiger partial charge in [-0.05, 0) is 37.1 Å². The molecule has 2 unspecified atom stereocenters. The Morgan fingerprint density at radius 1 is 1.45 bits per heavy atom. The molecular weight excluding hydrogens is 322 g/mol. The predicted octanol–water partition coefficient (Wildman–Crippen LogP) is 2.86. The van der Waals surface area contributed by atoms with Gasteiger partial charge < -0.3 is 14.6 Å². The summed E-state index contributed by atoms with van der Waals surface area (Å²) in [6, 6.07) is 6.10. The highest BCUT2D eigenvalue weighted by atomic mass is 79.9. The van der Waals surface area contributed by atoms with Gasteiger partial charge in [-0.2, -0.15) is 4.98 Å². The second-order valence-electron chi connectivity index (χ2n) is 4.97. The fourth-order valence-electron chi connectivity index (χ4n) is 2.44. The molecule has 1 fully saturated rings. The van der Waals surface area contributed by atoms with Crippen molar-refractivity contribution in [3.8, 4) is 11.4 Å². The highest BCUT2D eigenvalue weighted by Crippen LogP contribution is 2.28. The SMILES string of the molecule is COC1CNC(c2nc(-c3ccc(Br)cc3C)no2)C1. The first-order valence-electron chi connectivity index (χ1n) is 6.53. The van der Waals surface area contributed by atoms with Crippen molar-refractivity contribution >= 4 is 15.9 Å². The van der Waals surface area contributed by atoms with Crippen LogP contribution in [0.3, 0.4) is 0 Å². The number of rotatable bonds is 3. The Bertz CT molecular complexity index is 614. The first-order valence-corrected chi connectivity index (χ1v) is 7.33. The Morgan fingerprint density at radius 2 is 2.30 bits per heavy atom. The average molecular weight is 338 g/mol. The Balaban J connectivity index is 1.83. The molecule has 0 radical (unpaired) electrons. The molecule has 0 spiro atoms. The van der Waals surface area contributed by atoms with E-state index in [2.05, 4.69) is 31.4 Å². The van der Waals surface area contributed by atoms with Gasteiger partial charge in [-0.15, -0.1) is 0 Å². The molecule has 0 aliphatic carbocycles. The monoisotopic (exact) mass is 337 g/mol. The number of methoxy groups -OCH3 is 1. The predicted molar refractivity (Wildman–Crippen MR) is 78.3 cm³/mol. The lowest BCUT2D eigenvalue weighted by molar-refractivity contribution is 0.116. The second kappa shape index (κ2) is 5.63. The van der Waals surface area contributed by atoms with E-state index in [9.17, 15) is 0 Å². The molecule has 5 nitrogen and oxygen atoms in total. The Hall–Kier alpha value is -1.24. The van der Waals surface area contributed by atoms with Crippen LogP contribution in [0.1, 0.15) is 23.9 Å². The number of nitrogens with one attached hydrogen (secondary N) is 1. The number of benzene rings is 1. The van der Waals surface area contributed by atoms with E-state index in [0.29, 0.717) is 11.7 Å². The molecule has 3 rings (SSSR count). The summed E-state index contributed by atoms with van der Waals surface area (Å²) in [6.07, 6.45) is 1.07. The zero-order valence-corrected chi connectivity index (χ0v) is 13.0. The maximum absolute atomic E-state index is 5.39. The van der Waals surface area contributed by atoms with Gasteiger partial charge in [0.15, 0.2) is 0 Å². The summed E-state index contributed by atoms with van der Waals surface area (Å²) in [5, 5.41) is 7.42. The van der Waals surface area contributed by atoms with E-state index in [-0.39, 0.29) is 12.1 Å². The van der Waals surface area contributed by atoms with Crippen LogP contribution in [0.4, 0.5) is 0 Å². The standard InChI is InChI=1S/C14H16BrN3O2/c1-8-5-9(15)3-4-11(8)13-17-14(20-18-13)12-6-10(19-2)7-16-12/h3-5,10,12,16H,6-7H2,1-2H3. The van der Waals surface area contributed by atoms with E-state index in [0.717, 1.165) is 28.6 Å². The molecule has 0 saturated carbocycles. The normalized spacial score (nSPS) is 22.4. The molecule has 1 saturated heterocycles. The van der Waals surface area contributed by atoms with Crippen molar-refractivity contribution in [2.75, 3.05) is 13.7 Å². The van der Waals surface area contributed by atoms with Crippen molar-refractivity contribution in [3.05, 3.63) is 34.1 Å². The van der Waals surface area contributed by atoms with E-state index >= 15 is 0 Å². The van der Waals surface area contributed by atoms with Crippen LogP contribution < -0.4 is 5.32 Å². The van der Waals surface area contributed by atoms with Crippen molar-refractivity contribution in [2.45, 2.75) is 25.5 Å². The summed E-state index contributed by atoms with van der Waals surface area (Å²) in [7, 11) is 1.72. The van der Waals surface area contributed by atoms with E-state index in [1.54, 1.807) is 7.11 Å². The molecule has 6 heteroatoms. The summed E-state index contributed by atoms with van der Waals surface area (Å²) in [5.74, 6) is 1.26. The van der Waals surface area contributed by atoms with E-state index < -0.39 is 0 Å². The largest absolute Gasteiger partial charge is 0.380 e. The topological polar surface area (TPSA) is 60.2 Å². The fraction of sp³-hybridized carbons (Fsp3) is 0.429. The third-order valence-electron chi connectivity index (χ3n) is 3.59. The first-order chi connectivity index (χ1) is 9.67. The quantitative estimate of drug-likeness (QED) is 0.933. The van der Waals surface area contributed by atoms with Crippen LogP contribution in [-0.2, 0) is 4.74 Å². The van der Waals surface area contributed by atoms with Crippen molar-refractivity contribution < 1.29 is 9.26 Å². The Kier molecular flexibility index (Phi) is 3.87. The van der Waals surface area contributed by atoms with Gasteiger partial charge in [0.2, 0.25) is 11.7 Å². The maximum atomic E-state index is 5.39. The number of aryl methyl sites for hydroxylation is 1. The summed E-state index contributed by atoms with van der Waals surface area (Å²) in [4.78, 5) is 4.51. The molecule has 2 heterocycles. The van der Waals surface area contributed by atoms with Gasteiger partial charge in [-0.25, -0.2) is 0 Å². The van der Waals surface area contributed by atoms with Gasteiger partial charge in [-0.1, -0.05) is 21.1 Å². The van der Waals surface area contributed by atoms with Gasteiger partial charge >= 0.3 is 0 Å². The lowest BCUT2D eigenvalue weighted by Gasteiger charge is -2.04. The lowest BCUT2D eigenvalue weighted by Crippen LogP contribution is -2.16. The number of hydrogen-bond acceptors (Lipinski definition) is 5. The number of ether oxygens (including phenoxy) is 1. The molecule has 2 aromatic rings. The van der Waals surface area contributed by atoms with Crippen LogP contribution >= 0.6 is 15.9 Å². The smallest absolute Gasteiger partial charge is 0.244 e. The van der Waals surface area contributed by atoms with Crippen molar-refractivity contribution in [1.82, 2.24) is 15.5 Å². The summed E-state index contributed by atoms with van der Waals surface area (Å²) in [6.45, 7) is 2.85. The van der Waals surface area contributed by atoms with Crippen molar-refractivity contribution in [3.63, 3.8) is 0 Å². The molecule has 0 amide bonds. The number of nitrogens with zero attached hydrogens (tertiary/aromatic N) is 2. The van der Waals surface area contributed by atoms with Crippen LogP contribution in [0.15, 0.2) is 27.2 Å². The summed E-state index contributed by atoms with van der Waals surface area (Å²) >= 11 is 3.45. The minimum atomic E-state index is 0.0805. The van der Waals surface area contributed by atoms with Crippen LogP contribution in [0, 0.1) is 6.92 Å². The van der Waals surface area contributed by atoms with Gasteiger partial charge in [0.05, 0.1) is 12.1 Å². The lowest BCUT2D eigenvalue weighted by atomic mass is 10.1. The second-order valence-corrected chi connectivity index (χ2v) is 5.89. The number of halogens is 1. The molecule has 1 aromatic heterocycles. The third kappa shape index (κ3) is 2.63. The molecule has 1 aliphatic heterocycles. The molecule has 0 bridgehead atoms. The molecule has 1 aromatic carbocycles. The minimum Gasteiger partial charge on any atom is -0.380 e. The minimum absolute atomic E-state index is 0.0805. The first kappa shape index (κ1) is 13.7. The zero-order valence-electron chi connectivity index (χ0n) is 11.4. The molecule has 20 heavy (non-hydrogen) atoms. The summed E-state index contributed by atoms with van der Waals surface area (Å²) < 4.78 is 11.8. The molecule has 1 aliphatic rings. The van der Waals surface area contributed by atoms with Crippen LogP contribution in [0.2, 0.25) is 0 Å². The van der Waals surface area contributed by atoms with E-state index in [4.69, 9.17) is 9.26 Å². The van der Waals surface area contributed by atoms with Gasteiger partial charge in [0.1, 0.15) is 0 Å². The number of hydrogen-bond donors (Lipinski definition) is 1. The Labute approximate surface area is 125 Å². The van der Waals surface area contributed by atoms with Gasteiger partial charge in [0, 0.05) is 23.7 Å². The zero-order chi connectivity index (χ0) is 14.1. The maximum Gasteiger partial charge on any atom is 0.244 e. The van der Waals surface area contributed by atoms with Crippen molar-refractivity contribution in [2.24, 2.45) is 0 Å². The molecular formula is C14H16BrN3O2. The van der Waals surface area contributed by atoms with E-state index in [1.165, 1.54) is 0 Å². The highest BCUT2D eigenvalue weighted by molar-refractivity contribution is 9.10. The van der Waals surface area contributed by atoms with E-state index in [1.807, 2.05) is 25.1 Å². The van der Waals surface area contributed by atoms with Crippen LogP contribution in [-0.4, -0.2) is 29.9 Å². The molecule has 106 valence electrons. The molecule has 2 atom stereocenters. The van der Waals surface area contributed by atoms with Crippen LogP contribution in [0.5, 0.6) is 0 Å². The molecule has 1 N–H and O–H groups in total. The fourth-order valence-corrected chi connectivity index (χ4v) is 2.91. The Morgan fingerprint density at radius 3 is 3.00 bits per heavy atom. The summed E-state index contributed by atoms with van der Waals surface area (Å²) in [5.41, 5.74) is 2.10. The highest BCUT2D eigenvalue weighted by Gasteiger charge is 2.29. The third-order valence-corrected chi connectivity index (χ3v) is 4.09. The van der Waals surface area contributed by atoms with Crippen molar-refractivity contribution in [1.29, 1.82) is 0 Å². The number of aromatic nitrogens is 2. The average Bonchev–Trinajstić information content (AvgIpc) is 3.07.